The predicted molar refractivity (Wildman–Crippen MR) is 113 cm³/mol. The molecule has 4 rings (SSSR count). The molecular weight excluding hydrogens is 354 g/mol. The van der Waals surface area contributed by atoms with Gasteiger partial charge in [-0.15, -0.1) is 0 Å². The number of benzene rings is 1. The molecule has 3 heterocycles. The number of para-hydroxylation sites is 1. The first-order chi connectivity index (χ1) is 13.6. The summed E-state index contributed by atoms with van der Waals surface area (Å²) in [5, 5.41) is 3.36. The second-order valence-electron chi connectivity index (χ2n) is 7.41. The molecule has 2 aromatic rings. The van der Waals surface area contributed by atoms with Gasteiger partial charge in [0.25, 0.3) is 0 Å². The summed E-state index contributed by atoms with van der Waals surface area (Å²) in [5.41, 5.74) is 9.06. The van der Waals surface area contributed by atoms with Crippen LogP contribution in [0.2, 0.25) is 0 Å². The third kappa shape index (κ3) is 3.83. The van der Waals surface area contributed by atoms with Crippen LogP contribution < -0.4 is 25.8 Å². The molecule has 28 heavy (non-hydrogen) atoms. The molecule has 0 radical (unpaired) electrons. The van der Waals surface area contributed by atoms with Gasteiger partial charge in [0.2, 0.25) is 5.95 Å². The van der Waals surface area contributed by atoms with Crippen LogP contribution in [-0.4, -0.2) is 69.9 Å². The van der Waals surface area contributed by atoms with Gasteiger partial charge in [0.1, 0.15) is 11.8 Å². The maximum atomic E-state index is 6.41. The Hall–Kier alpha value is -2.58. The second kappa shape index (κ2) is 8.20. The molecule has 0 bridgehead atoms. The summed E-state index contributed by atoms with van der Waals surface area (Å²) in [7, 11) is 3.92. The summed E-state index contributed by atoms with van der Waals surface area (Å²) in [6, 6.07) is 10.5. The van der Waals surface area contributed by atoms with Gasteiger partial charge in [-0.05, 0) is 12.1 Å². The lowest BCUT2D eigenvalue weighted by atomic mass is 10.1. The summed E-state index contributed by atoms with van der Waals surface area (Å²) >= 11 is 0. The van der Waals surface area contributed by atoms with Crippen molar-refractivity contribution in [2.24, 2.45) is 0 Å². The van der Waals surface area contributed by atoms with Crippen molar-refractivity contribution in [2.45, 2.75) is 6.10 Å². The normalized spacial score (nSPS) is 20.3. The van der Waals surface area contributed by atoms with Crippen LogP contribution in [0.5, 0.6) is 0 Å². The molecular formula is C20H29N7O. The highest BCUT2D eigenvalue weighted by Gasteiger charge is 2.27. The molecule has 0 saturated carbocycles. The number of nitrogens with one attached hydrogen (secondary N) is 1. The molecule has 0 amide bonds. The van der Waals surface area contributed by atoms with Gasteiger partial charge in [-0.2, -0.15) is 4.98 Å². The van der Waals surface area contributed by atoms with E-state index in [2.05, 4.69) is 45.4 Å². The van der Waals surface area contributed by atoms with Crippen LogP contribution in [0.15, 0.2) is 30.3 Å². The lowest BCUT2D eigenvalue weighted by molar-refractivity contribution is 0.0255. The number of rotatable bonds is 4. The standard InChI is InChI=1S/C20H29N7O/c1-25(2)19-17(21)18(16-14-22-8-13-28-16)23-20(24-19)27-11-9-26(10-12-27)15-6-4-3-5-7-15/h3-7,16,22H,8-14,21H2,1-2H3. The largest absolute Gasteiger partial charge is 0.394 e. The lowest BCUT2D eigenvalue weighted by Gasteiger charge is -2.37. The van der Waals surface area contributed by atoms with E-state index in [4.69, 9.17) is 20.4 Å². The van der Waals surface area contributed by atoms with E-state index in [-0.39, 0.29) is 6.10 Å². The highest BCUT2D eigenvalue weighted by atomic mass is 16.5. The quantitative estimate of drug-likeness (QED) is 0.813. The summed E-state index contributed by atoms with van der Waals surface area (Å²) < 4.78 is 5.92. The van der Waals surface area contributed by atoms with E-state index in [0.717, 1.165) is 56.7 Å². The monoisotopic (exact) mass is 383 g/mol. The SMILES string of the molecule is CN(C)c1nc(N2CCN(c3ccccc3)CC2)nc(C2CNCCO2)c1N. The zero-order chi connectivity index (χ0) is 19.5. The first-order valence-corrected chi connectivity index (χ1v) is 9.85. The van der Waals surface area contributed by atoms with E-state index < -0.39 is 0 Å². The Kier molecular flexibility index (Phi) is 5.50. The first kappa shape index (κ1) is 18.8. The molecule has 8 nitrogen and oxygen atoms in total. The van der Waals surface area contributed by atoms with Gasteiger partial charge in [0, 0.05) is 59.1 Å². The molecule has 150 valence electrons. The molecule has 1 atom stereocenters. The van der Waals surface area contributed by atoms with Gasteiger partial charge in [-0.3, -0.25) is 0 Å². The van der Waals surface area contributed by atoms with E-state index in [1.54, 1.807) is 0 Å². The zero-order valence-corrected chi connectivity index (χ0v) is 16.6. The molecule has 2 fully saturated rings. The van der Waals surface area contributed by atoms with Gasteiger partial charge < -0.3 is 30.5 Å². The second-order valence-corrected chi connectivity index (χ2v) is 7.41. The Morgan fingerprint density at radius 1 is 1.07 bits per heavy atom. The highest BCUT2D eigenvalue weighted by molar-refractivity contribution is 5.67. The van der Waals surface area contributed by atoms with Crippen LogP contribution in [0.25, 0.3) is 0 Å². The maximum Gasteiger partial charge on any atom is 0.227 e. The molecule has 3 N–H and O–H groups in total. The highest BCUT2D eigenvalue weighted by Crippen LogP contribution is 2.31. The number of nitrogens with zero attached hydrogens (tertiary/aromatic N) is 5. The molecule has 0 spiro atoms. The van der Waals surface area contributed by atoms with E-state index in [1.165, 1.54) is 5.69 Å². The number of nitrogen functional groups attached to an aromatic ring is 1. The van der Waals surface area contributed by atoms with E-state index in [9.17, 15) is 0 Å². The third-order valence-corrected chi connectivity index (χ3v) is 5.28. The fourth-order valence-electron chi connectivity index (χ4n) is 3.73. The minimum atomic E-state index is -0.139. The van der Waals surface area contributed by atoms with Crippen molar-refractivity contribution in [3.63, 3.8) is 0 Å². The summed E-state index contributed by atoms with van der Waals surface area (Å²) in [6.45, 7) is 5.85. The van der Waals surface area contributed by atoms with Crippen LogP contribution in [0.4, 0.5) is 23.1 Å². The summed E-state index contributed by atoms with van der Waals surface area (Å²) in [6.07, 6.45) is -0.139. The number of aromatic nitrogens is 2. The number of morpholine rings is 1. The number of nitrogens with two attached hydrogens (primary N) is 1. The van der Waals surface area contributed by atoms with Gasteiger partial charge in [0.15, 0.2) is 5.82 Å². The van der Waals surface area contributed by atoms with Crippen molar-refractivity contribution < 1.29 is 4.74 Å². The topological polar surface area (TPSA) is 82.8 Å². The van der Waals surface area contributed by atoms with Crippen molar-refractivity contribution in [3.8, 4) is 0 Å². The van der Waals surface area contributed by atoms with E-state index >= 15 is 0 Å². The fraction of sp³-hybridized carbons (Fsp3) is 0.500. The fourth-order valence-corrected chi connectivity index (χ4v) is 3.73. The van der Waals surface area contributed by atoms with Crippen molar-refractivity contribution in [3.05, 3.63) is 36.0 Å². The zero-order valence-electron chi connectivity index (χ0n) is 16.6. The average molecular weight is 384 g/mol. The number of piperazine rings is 1. The molecule has 2 aliphatic heterocycles. The summed E-state index contributed by atoms with van der Waals surface area (Å²) in [5.74, 6) is 1.48. The number of anilines is 4. The Balaban J connectivity index is 1.56. The number of ether oxygens (including phenoxy) is 1. The van der Waals surface area contributed by atoms with E-state index in [0.29, 0.717) is 12.3 Å². The molecule has 1 unspecified atom stereocenters. The van der Waals surface area contributed by atoms with Crippen molar-refractivity contribution in [1.82, 2.24) is 15.3 Å². The van der Waals surface area contributed by atoms with Gasteiger partial charge in [-0.1, -0.05) is 18.2 Å². The van der Waals surface area contributed by atoms with Crippen molar-refractivity contribution in [1.29, 1.82) is 0 Å². The lowest BCUT2D eigenvalue weighted by Crippen LogP contribution is -2.47. The molecule has 2 aliphatic rings. The van der Waals surface area contributed by atoms with Gasteiger partial charge >= 0.3 is 0 Å². The smallest absolute Gasteiger partial charge is 0.227 e. The minimum absolute atomic E-state index is 0.139. The van der Waals surface area contributed by atoms with Crippen molar-refractivity contribution >= 4 is 23.1 Å². The summed E-state index contributed by atoms with van der Waals surface area (Å²) in [4.78, 5) is 16.2. The van der Waals surface area contributed by atoms with E-state index in [1.807, 2.05) is 19.0 Å². The average Bonchev–Trinajstić information content (AvgIpc) is 2.75. The molecule has 0 aliphatic carbocycles. The van der Waals surface area contributed by atoms with Crippen LogP contribution in [0.3, 0.4) is 0 Å². The van der Waals surface area contributed by atoms with Crippen LogP contribution >= 0.6 is 0 Å². The Bertz CT molecular complexity index is 785. The minimum Gasteiger partial charge on any atom is -0.394 e. The van der Waals surface area contributed by atoms with Crippen LogP contribution in [0.1, 0.15) is 11.8 Å². The molecule has 8 heteroatoms. The van der Waals surface area contributed by atoms with Crippen molar-refractivity contribution in [2.75, 3.05) is 80.4 Å². The first-order valence-electron chi connectivity index (χ1n) is 9.85. The Morgan fingerprint density at radius 2 is 1.79 bits per heavy atom. The Morgan fingerprint density at radius 3 is 2.43 bits per heavy atom. The van der Waals surface area contributed by atoms with Gasteiger partial charge in [0.05, 0.1) is 12.3 Å². The molecule has 1 aromatic heterocycles. The molecule has 1 aromatic carbocycles. The number of hydrogen-bond acceptors (Lipinski definition) is 8. The van der Waals surface area contributed by atoms with Crippen LogP contribution in [0, 0.1) is 0 Å². The predicted octanol–water partition coefficient (Wildman–Crippen LogP) is 1.11. The number of hydrogen-bond donors (Lipinski definition) is 2. The Labute approximate surface area is 166 Å². The van der Waals surface area contributed by atoms with Crippen LogP contribution in [-0.2, 0) is 4.74 Å². The maximum absolute atomic E-state index is 6.41. The van der Waals surface area contributed by atoms with Gasteiger partial charge in [-0.25, -0.2) is 4.98 Å². The molecule has 2 saturated heterocycles. The third-order valence-electron chi connectivity index (χ3n) is 5.28.